The van der Waals surface area contributed by atoms with Gasteiger partial charge in [0, 0.05) is 32.2 Å². The van der Waals surface area contributed by atoms with Crippen molar-refractivity contribution >= 4 is 74.9 Å². The smallest absolute Gasteiger partial charge is 0.136 e. The molecule has 7 rings (SSSR count). The van der Waals surface area contributed by atoms with Crippen LogP contribution in [-0.2, 0) is 0 Å². The first-order valence-corrected chi connectivity index (χ1v) is 22.7. The van der Waals surface area contributed by atoms with Crippen molar-refractivity contribution in [2.24, 2.45) is 11.8 Å². The molecule has 0 N–H and O–H groups in total. The molecular formula is C54H52Br2O2. The third-order valence-corrected chi connectivity index (χ3v) is 13.2. The van der Waals surface area contributed by atoms with Crippen LogP contribution in [0.25, 0.3) is 43.1 Å². The molecule has 0 spiro atoms. The standard InChI is InChI=1S/C54H52Br2O2/c1-5-9-19-37(7-3)35-57-51-33-40(30-32-46-43-23-13-17-27-49(43)54(56)50-28-18-14-24-44(46)50)52(58-36-38(8-4)20-10-6-2)34-39(51)29-31-45-41-21-11-15-25-47(41)53(55)48-26-16-12-22-42(45)48/h11-18,21-28,33-34,37-38H,5-10,19-20,35-36H2,1-4H3. The van der Waals surface area contributed by atoms with Crippen LogP contribution in [0.2, 0.25) is 0 Å². The Labute approximate surface area is 362 Å². The van der Waals surface area contributed by atoms with E-state index in [9.17, 15) is 0 Å². The van der Waals surface area contributed by atoms with E-state index in [1.165, 1.54) is 25.7 Å². The maximum absolute atomic E-state index is 6.83. The van der Waals surface area contributed by atoms with Crippen LogP contribution >= 0.6 is 31.9 Å². The molecule has 0 saturated heterocycles. The summed E-state index contributed by atoms with van der Waals surface area (Å²) in [4.78, 5) is 0. The topological polar surface area (TPSA) is 18.5 Å². The Hall–Kier alpha value is -4.74. The molecule has 0 saturated carbocycles. The van der Waals surface area contributed by atoms with E-state index in [2.05, 4.69) is 192 Å². The van der Waals surface area contributed by atoms with E-state index < -0.39 is 0 Å². The predicted octanol–water partition coefficient (Wildman–Crippen LogP) is 15.8. The highest BCUT2D eigenvalue weighted by Gasteiger charge is 2.17. The maximum Gasteiger partial charge on any atom is 0.136 e. The molecule has 0 radical (unpaired) electrons. The normalized spacial score (nSPS) is 12.2. The number of benzene rings is 7. The van der Waals surface area contributed by atoms with Crippen molar-refractivity contribution in [2.45, 2.75) is 79.1 Å². The van der Waals surface area contributed by atoms with E-state index in [-0.39, 0.29) is 0 Å². The van der Waals surface area contributed by atoms with Crippen LogP contribution in [-0.4, -0.2) is 13.2 Å². The van der Waals surface area contributed by atoms with Crippen molar-refractivity contribution in [3.05, 3.63) is 140 Å². The summed E-state index contributed by atoms with van der Waals surface area (Å²) in [7, 11) is 0. The van der Waals surface area contributed by atoms with Gasteiger partial charge >= 0.3 is 0 Å². The minimum Gasteiger partial charge on any atom is -0.492 e. The monoisotopic (exact) mass is 890 g/mol. The van der Waals surface area contributed by atoms with Crippen LogP contribution in [0.5, 0.6) is 11.5 Å². The summed E-state index contributed by atoms with van der Waals surface area (Å²) in [6, 6.07) is 38.2. The average Bonchev–Trinajstić information content (AvgIpc) is 3.27. The SMILES string of the molecule is CCCCC(CC)COc1cc(C#Cc2c3ccccc3c(Br)c3ccccc23)c(OCC(CC)CCCC)cc1C#Cc1c2ccccc2c(Br)c2ccccc12. The van der Waals surface area contributed by atoms with Crippen LogP contribution in [0.3, 0.4) is 0 Å². The minimum absolute atomic E-state index is 0.454. The summed E-state index contributed by atoms with van der Waals surface area (Å²) in [6.45, 7) is 10.3. The Bertz CT molecular complexity index is 2390. The van der Waals surface area contributed by atoms with E-state index in [1.54, 1.807) is 0 Å². The Kier molecular flexibility index (Phi) is 14.1. The lowest BCUT2D eigenvalue weighted by atomic mass is 9.96. The molecule has 2 atom stereocenters. The van der Waals surface area contributed by atoms with Crippen molar-refractivity contribution in [1.82, 2.24) is 0 Å². The molecule has 2 nitrogen and oxygen atoms in total. The number of unbranched alkanes of at least 4 members (excludes halogenated alkanes) is 2. The third-order valence-electron chi connectivity index (χ3n) is 11.5. The van der Waals surface area contributed by atoms with E-state index in [1.807, 2.05) is 0 Å². The number of rotatable bonds is 14. The lowest BCUT2D eigenvalue weighted by Crippen LogP contribution is -2.13. The second-order valence-corrected chi connectivity index (χ2v) is 16.9. The molecular weight excluding hydrogens is 840 g/mol. The van der Waals surface area contributed by atoms with Crippen LogP contribution in [0.4, 0.5) is 0 Å². The molecule has 0 aliphatic rings. The quantitative estimate of drug-likeness (QED) is 0.0800. The molecule has 58 heavy (non-hydrogen) atoms. The molecule has 7 aromatic rings. The lowest BCUT2D eigenvalue weighted by Gasteiger charge is -2.19. The zero-order valence-electron chi connectivity index (χ0n) is 34.2. The maximum atomic E-state index is 6.83. The van der Waals surface area contributed by atoms with Crippen molar-refractivity contribution in [3.63, 3.8) is 0 Å². The van der Waals surface area contributed by atoms with Crippen molar-refractivity contribution in [2.75, 3.05) is 13.2 Å². The van der Waals surface area contributed by atoms with Gasteiger partial charge in [0.2, 0.25) is 0 Å². The number of ether oxygens (including phenoxy) is 2. The summed E-state index contributed by atoms with van der Waals surface area (Å²) in [5.41, 5.74) is 3.62. The average molecular weight is 893 g/mol. The van der Waals surface area contributed by atoms with E-state index in [4.69, 9.17) is 9.47 Å². The van der Waals surface area contributed by atoms with Gasteiger partial charge in [0.25, 0.3) is 0 Å². The van der Waals surface area contributed by atoms with Gasteiger partial charge in [-0.1, -0.05) is 187 Å². The van der Waals surface area contributed by atoms with Crippen molar-refractivity contribution in [1.29, 1.82) is 0 Å². The summed E-state index contributed by atoms with van der Waals surface area (Å²) >= 11 is 7.82. The highest BCUT2D eigenvalue weighted by Crippen LogP contribution is 2.38. The number of fused-ring (bicyclic) bond motifs is 4. The van der Waals surface area contributed by atoms with Gasteiger partial charge in [0.1, 0.15) is 11.5 Å². The first kappa shape index (κ1) is 41.4. The number of hydrogen-bond donors (Lipinski definition) is 0. The Balaban J connectivity index is 1.42. The Morgan fingerprint density at radius 3 is 1.05 bits per heavy atom. The molecule has 4 heteroatoms. The molecule has 0 aliphatic carbocycles. The van der Waals surface area contributed by atoms with Crippen LogP contribution in [0, 0.1) is 35.5 Å². The predicted molar refractivity (Wildman–Crippen MR) is 254 cm³/mol. The zero-order chi connectivity index (χ0) is 40.4. The first-order valence-electron chi connectivity index (χ1n) is 21.1. The molecule has 7 aromatic carbocycles. The van der Waals surface area contributed by atoms with Crippen LogP contribution in [0.15, 0.2) is 118 Å². The first-order chi connectivity index (χ1) is 28.4. The highest BCUT2D eigenvalue weighted by atomic mass is 79.9. The van der Waals surface area contributed by atoms with Gasteiger partial charge in [-0.3, -0.25) is 0 Å². The number of hydrogen-bond acceptors (Lipinski definition) is 2. The van der Waals surface area contributed by atoms with Crippen LogP contribution < -0.4 is 9.47 Å². The second-order valence-electron chi connectivity index (χ2n) is 15.4. The van der Waals surface area contributed by atoms with Gasteiger partial charge in [-0.2, -0.15) is 0 Å². The fourth-order valence-corrected chi connectivity index (χ4v) is 9.27. The minimum atomic E-state index is 0.454. The molecule has 0 heterocycles. The molecule has 0 amide bonds. The van der Waals surface area contributed by atoms with E-state index in [0.717, 1.165) is 111 Å². The van der Waals surface area contributed by atoms with Gasteiger partial charge in [-0.15, -0.1) is 0 Å². The van der Waals surface area contributed by atoms with Gasteiger partial charge in [0.15, 0.2) is 0 Å². The van der Waals surface area contributed by atoms with Crippen molar-refractivity contribution < 1.29 is 9.47 Å². The largest absolute Gasteiger partial charge is 0.492 e. The zero-order valence-corrected chi connectivity index (χ0v) is 37.4. The Morgan fingerprint density at radius 1 is 0.448 bits per heavy atom. The summed E-state index contributed by atoms with van der Waals surface area (Å²) in [6.07, 6.45) is 9.12. The molecule has 0 aliphatic heterocycles. The third kappa shape index (κ3) is 9.10. The fraction of sp³-hybridized carbons (Fsp3) is 0.296. The second kappa shape index (κ2) is 19.8. The lowest BCUT2D eigenvalue weighted by molar-refractivity contribution is 0.227. The molecule has 0 bridgehead atoms. The fourth-order valence-electron chi connectivity index (χ4n) is 7.89. The summed E-state index contributed by atoms with van der Waals surface area (Å²) in [5.74, 6) is 17.0. The molecule has 0 fully saturated rings. The van der Waals surface area contributed by atoms with Crippen molar-refractivity contribution in [3.8, 4) is 35.2 Å². The molecule has 2 unspecified atom stereocenters. The highest BCUT2D eigenvalue weighted by molar-refractivity contribution is 9.11. The van der Waals surface area contributed by atoms with Crippen LogP contribution in [0.1, 0.15) is 101 Å². The summed E-state index contributed by atoms with van der Waals surface area (Å²) < 4.78 is 15.8. The number of halogens is 2. The Morgan fingerprint density at radius 2 is 0.759 bits per heavy atom. The van der Waals surface area contributed by atoms with Gasteiger partial charge in [-0.05, 0) is 99.6 Å². The molecule has 0 aromatic heterocycles. The molecule has 294 valence electrons. The van der Waals surface area contributed by atoms with E-state index >= 15 is 0 Å². The van der Waals surface area contributed by atoms with Gasteiger partial charge in [0.05, 0.1) is 24.3 Å². The van der Waals surface area contributed by atoms with Gasteiger partial charge < -0.3 is 9.47 Å². The van der Waals surface area contributed by atoms with E-state index in [0.29, 0.717) is 25.0 Å². The summed E-state index contributed by atoms with van der Waals surface area (Å²) in [5, 5.41) is 9.03. The van der Waals surface area contributed by atoms with Gasteiger partial charge in [-0.25, -0.2) is 0 Å².